The van der Waals surface area contributed by atoms with Crippen molar-refractivity contribution >= 4 is 40.5 Å². The van der Waals surface area contributed by atoms with Gasteiger partial charge in [-0.05, 0) is 48.9 Å². The lowest BCUT2D eigenvalue weighted by Crippen LogP contribution is -2.06. The molecule has 2 aromatic heterocycles. The van der Waals surface area contributed by atoms with Crippen LogP contribution in [0.25, 0.3) is 11.2 Å². The molecule has 27 heavy (non-hydrogen) atoms. The number of pyridine rings is 1. The molecule has 1 N–H and O–H groups in total. The van der Waals surface area contributed by atoms with E-state index >= 15 is 0 Å². The molecule has 0 saturated carbocycles. The predicted octanol–water partition coefficient (Wildman–Crippen LogP) is 5.42. The number of thioether (sulfide) groups is 1. The Labute approximate surface area is 167 Å². The van der Waals surface area contributed by atoms with Crippen LogP contribution < -0.4 is 0 Å². The predicted molar refractivity (Wildman–Crippen MR) is 110 cm³/mol. The lowest BCUT2D eigenvalue weighted by molar-refractivity contribution is 0.0691. The number of fused-ring (bicyclic) bond motifs is 1. The minimum atomic E-state index is -1.05. The number of rotatable bonds is 8. The molecule has 0 aliphatic carbocycles. The molecule has 0 amide bonds. The first kappa shape index (κ1) is 19.7. The molecule has 3 aromatic rings. The van der Waals surface area contributed by atoms with Crippen LogP contribution in [0.2, 0.25) is 5.02 Å². The maximum absolute atomic E-state index is 11.2. The van der Waals surface area contributed by atoms with Crippen molar-refractivity contribution in [2.45, 2.75) is 44.6 Å². The summed E-state index contributed by atoms with van der Waals surface area (Å²) in [6.07, 6.45) is 3.67. The number of aromatic nitrogens is 3. The van der Waals surface area contributed by atoms with Crippen LogP contribution in [0.3, 0.4) is 0 Å². The van der Waals surface area contributed by atoms with Gasteiger partial charge in [0.25, 0.3) is 0 Å². The van der Waals surface area contributed by atoms with Crippen LogP contribution in [0.5, 0.6) is 0 Å². The number of nitrogens with zero attached hydrogens (tertiary/aromatic N) is 3. The number of hydrogen-bond donors (Lipinski definition) is 1. The molecule has 2 heterocycles. The number of halogens is 1. The number of hydrogen-bond acceptors (Lipinski definition) is 4. The number of aromatic carboxylic acids is 1. The number of aryl methyl sites for hydroxylation is 1. The van der Waals surface area contributed by atoms with Gasteiger partial charge in [0.15, 0.2) is 11.3 Å². The van der Waals surface area contributed by atoms with Gasteiger partial charge in [-0.2, -0.15) is 0 Å². The average Bonchev–Trinajstić information content (AvgIpc) is 2.95. The Balaban J connectivity index is 1.83. The van der Waals surface area contributed by atoms with Crippen molar-refractivity contribution in [3.8, 4) is 0 Å². The fourth-order valence-corrected chi connectivity index (χ4v) is 4.14. The first-order valence-electron chi connectivity index (χ1n) is 8.98. The highest BCUT2D eigenvalue weighted by atomic mass is 35.5. The second-order valence-electron chi connectivity index (χ2n) is 6.40. The molecule has 5 nitrogen and oxygen atoms in total. The zero-order valence-corrected chi connectivity index (χ0v) is 17.0. The minimum absolute atomic E-state index is 0.00794. The van der Waals surface area contributed by atoms with Crippen molar-refractivity contribution in [3.63, 3.8) is 0 Å². The Kier molecular flexibility index (Phi) is 6.39. The molecular formula is C20H22ClN3O2S. The molecule has 142 valence electrons. The zero-order valence-electron chi connectivity index (χ0n) is 15.4. The fourth-order valence-electron chi connectivity index (χ4n) is 2.88. The van der Waals surface area contributed by atoms with Crippen LogP contribution in [0.15, 0.2) is 35.2 Å². The van der Waals surface area contributed by atoms with Gasteiger partial charge in [-0.1, -0.05) is 37.4 Å². The SMILES string of the molecule is CCCCCSc1ccc(Cn2c(C)nc3ccc(C(=O)O)nc32)c(Cl)c1. The molecule has 0 saturated heterocycles. The molecule has 0 radical (unpaired) electrons. The first-order chi connectivity index (χ1) is 13.0. The fraction of sp³-hybridized carbons (Fsp3) is 0.350. The number of unbranched alkanes of at least 4 members (excludes halogenated alkanes) is 2. The highest BCUT2D eigenvalue weighted by Gasteiger charge is 2.14. The Hall–Kier alpha value is -2.05. The first-order valence-corrected chi connectivity index (χ1v) is 10.3. The van der Waals surface area contributed by atoms with Crippen LogP contribution in [-0.2, 0) is 6.54 Å². The molecule has 0 bridgehead atoms. The molecule has 0 fully saturated rings. The molecule has 0 aliphatic heterocycles. The number of carbonyl (C=O) groups is 1. The molecule has 0 aliphatic rings. The summed E-state index contributed by atoms with van der Waals surface area (Å²) in [6.45, 7) is 4.58. The van der Waals surface area contributed by atoms with E-state index in [1.54, 1.807) is 6.07 Å². The van der Waals surface area contributed by atoms with Crippen LogP contribution >= 0.6 is 23.4 Å². The second-order valence-corrected chi connectivity index (χ2v) is 7.97. The highest BCUT2D eigenvalue weighted by Crippen LogP contribution is 2.27. The lowest BCUT2D eigenvalue weighted by Gasteiger charge is -2.10. The van der Waals surface area contributed by atoms with Gasteiger partial charge in [-0.25, -0.2) is 14.8 Å². The van der Waals surface area contributed by atoms with Gasteiger partial charge < -0.3 is 9.67 Å². The number of benzene rings is 1. The van der Waals surface area contributed by atoms with E-state index < -0.39 is 5.97 Å². The van der Waals surface area contributed by atoms with E-state index in [1.807, 2.05) is 35.4 Å². The Morgan fingerprint density at radius 3 is 2.74 bits per heavy atom. The molecule has 1 aromatic carbocycles. The summed E-state index contributed by atoms with van der Waals surface area (Å²) in [5, 5.41) is 9.90. The average molecular weight is 404 g/mol. The Bertz CT molecular complexity index is 971. The molecule has 0 unspecified atom stereocenters. The Morgan fingerprint density at radius 1 is 1.22 bits per heavy atom. The molecule has 3 rings (SSSR count). The van der Waals surface area contributed by atoms with E-state index in [1.165, 1.54) is 30.2 Å². The molecule has 7 heteroatoms. The Morgan fingerprint density at radius 2 is 2.04 bits per heavy atom. The van der Waals surface area contributed by atoms with Crippen LogP contribution in [0.4, 0.5) is 0 Å². The van der Waals surface area contributed by atoms with Crippen molar-refractivity contribution in [1.82, 2.24) is 14.5 Å². The molecule has 0 spiro atoms. The normalized spacial score (nSPS) is 11.2. The highest BCUT2D eigenvalue weighted by molar-refractivity contribution is 7.99. The summed E-state index contributed by atoms with van der Waals surface area (Å²) in [6, 6.07) is 9.27. The van der Waals surface area contributed by atoms with Gasteiger partial charge in [0, 0.05) is 9.92 Å². The van der Waals surface area contributed by atoms with E-state index in [4.69, 9.17) is 11.6 Å². The summed E-state index contributed by atoms with van der Waals surface area (Å²) in [4.78, 5) is 21.1. The summed E-state index contributed by atoms with van der Waals surface area (Å²) >= 11 is 8.33. The maximum atomic E-state index is 11.2. The van der Waals surface area contributed by atoms with Gasteiger partial charge in [0.05, 0.1) is 6.54 Å². The van der Waals surface area contributed by atoms with Gasteiger partial charge in [-0.3, -0.25) is 0 Å². The van der Waals surface area contributed by atoms with Crippen molar-refractivity contribution in [2.75, 3.05) is 5.75 Å². The monoisotopic (exact) mass is 403 g/mol. The van der Waals surface area contributed by atoms with Gasteiger partial charge in [-0.15, -0.1) is 11.8 Å². The summed E-state index contributed by atoms with van der Waals surface area (Å²) in [5.41, 5.74) is 2.20. The minimum Gasteiger partial charge on any atom is -0.477 e. The zero-order chi connectivity index (χ0) is 19.4. The van der Waals surface area contributed by atoms with Gasteiger partial charge in [0.1, 0.15) is 11.3 Å². The second kappa shape index (κ2) is 8.76. The summed E-state index contributed by atoms with van der Waals surface area (Å²) in [5.74, 6) is 0.815. The molecular weight excluding hydrogens is 382 g/mol. The quantitative estimate of drug-likeness (QED) is 0.401. The van der Waals surface area contributed by atoms with E-state index in [9.17, 15) is 9.90 Å². The van der Waals surface area contributed by atoms with E-state index in [-0.39, 0.29) is 5.69 Å². The van der Waals surface area contributed by atoms with Gasteiger partial charge in [0.2, 0.25) is 0 Å². The maximum Gasteiger partial charge on any atom is 0.354 e. The van der Waals surface area contributed by atoms with Crippen LogP contribution in [0.1, 0.15) is 48.1 Å². The third kappa shape index (κ3) is 4.62. The number of imidazole rings is 1. The van der Waals surface area contributed by atoms with Crippen LogP contribution in [-0.4, -0.2) is 31.4 Å². The summed E-state index contributed by atoms with van der Waals surface area (Å²) < 4.78 is 1.90. The van der Waals surface area contributed by atoms with Crippen LogP contribution in [0, 0.1) is 6.92 Å². The van der Waals surface area contributed by atoms with Crippen molar-refractivity contribution in [1.29, 1.82) is 0 Å². The van der Waals surface area contributed by atoms with E-state index in [2.05, 4.69) is 23.0 Å². The van der Waals surface area contributed by atoms with E-state index in [0.29, 0.717) is 22.7 Å². The standard InChI is InChI=1S/C20H22ClN3O2S/c1-3-4-5-10-27-15-7-6-14(16(21)11-15)12-24-13(2)22-17-8-9-18(20(25)26)23-19(17)24/h6-9,11H,3-5,10,12H2,1-2H3,(H,25,26). The third-order valence-electron chi connectivity index (χ3n) is 4.37. The van der Waals surface area contributed by atoms with Crippen molar-refractivity contribution in [2.24, 2.45) is 0 Å². The summed E-state index contributed by atoms with van der Waals surface area (Å²) in [7, 11) is 0. The number of carboxylic acids is 1. The smallest absolute Gasteiger partial charge is 0.354 e. The third-order valence-corrected chi connectivity index (χ3v) is 5.80. The van der Waals surface area contributed by atoms with E-state index in [0.717, 1.165) is 17.1 Å². The van der Waals surface area contributed by atoms with Gasteiger partial charge >= 0.3 is 5.97 Å². The van der Waals surface area contributed by atoms with Crippen molar-refractivity contribution < 1.29 is 9.90 Å². The molecule has 0 atom stereocenters. The lowest BCUT2D eigenvalue weighted by atomic mass is 10.2. The number of carboxylic acid groups (broad SMARTS) is 1. The topological polar surface area (TPSA) is 68.0 Å². The largest absolute Gasteiger partial charge is 0.477 e. The van der Waals surface area contributed by atoms with Crippen molar-refractivity contribution in [3.05, 3.63) is 52.4 Å².